The van der Waals surface area contributed by atoms with Crippen molar-refractivity contribution in [3.8, 4) is 0 Å². The Morgan fingerprint density at radius 3 is 2.70 bits per heavy atom. The minimum absolute atomic E-state index is 0.0579. The first-order chi connectivity index (χ1) is 10.9. The van der Waals surface area contributed by atoms with Gasteiger partial charge in [-0.3, -0.25) is 4.79 Å². The van der Waals surface area contributed by atoms with Gasteiger partial charge < -0.3 is 25.7 Å². The Bertz CT molecular complexity index is 537. The quantitative estimate of drug-likeness (QED) is 0.621. The molecule has 1 aromatic rings. The molecule has 1 aromatic heterocycles. The van der Waals surface area contributed by atoms with Crippen molar-refractivity contribution in [2.75, 3.05) is 52.2 Å². The molecule has 23 heavy (non-hydrogen) atoms. The third kappa shape index (κ3) is 4.63. The summed E-state index contributed by atoms with van der Waals surface area (Å²) >= 11 is 1.36. The Kier molecular flexibility index (Phi) is 6.34. The van der Waals surface area contributed by atoms with Crippen molar-refractivity contribution in [1.29, 1.82) is 0 Å². The summed E-state index contributed by atoms with van der Waals surface area (Å²) in [4.78, 5) is 21.5. The number of aliphatic hydroxyl groups is 2. The molecule has 4 N–H and O–H groups in total. The van der Waals surface area contributed by atoms with Crippen LogP contribution in [0.2, 0.25) is 0 Å². The second-order valence-electron chi connectivity index (χ2n) is 6.22. The standard InChI is InChI=1S/C15H26N4O3S/c1-10-13(23-15(16)17-10)5-14(22)19-7-11(12(8-19)9-21)6-18(2)3-4-20/h11-12,20-21H,3-9H2,1-2H3,(H2,16,17)/t11-,12-/m1/s1. The van der Waals surface area contributed by atoms with Crippen molar-refractivity contribution >= 4 is 22.4 Å². The van der Waals surface area contributed by atoms with Gasteiger partial charge in [0.25, 0.3) is 0 Å². The number of nitrogen functional groups attached to an aromatic ring is 1. The number of hydrogen-bond acceptors (Lipinski definition) is 7. The number of nitrogens with two attached hydrogens (primary N) is 1. The summed E-state index contributed by atoms with van der Waals surface area (Å²) < 4.78 is 0. The summed E-state index contributed by atoms with van der Waals surface area (Å²) in [6, 6.07) is 0. The van der Waals surface area contributed by atoms with E-state index in [0.717, 1.165) is 17.1 Å². The summed E-state index contributed by atoms with van der Waals surface area (Å²) in [5.41, 5.74) is 6.50. The minimum atomic E-state index is 0.0579. The lowest BCUT2D eigenvalue weighted by Gasteiger charge is -2.23. The van der Waals surface area contributed by atoms with Crippen molar-refractivity contribution in [1.82, 2.24) is 14.8 Å². The summed E-state index contributed by atoms with van der Waals surface area (Å²) in [6.07, 6.45) is 0.318. The molecule has 0 aromatic carbocycles. The smallest absolute Gasteiger partial charge is 0.227 e. The third-order valence-electron chi connectivity index (χ3n) is 4.41. The van der Waals surface area contributed by atoms with Gasteiger partial charge in [-0.25, -0.2) is 4.98 Å². The van der Waals surface area contributed by atoms with Crippen LogP contribution in [0.4, 0.5) is 5.13 Å². The van der Waals surface area contributed by atoms with E-state index in [1.807, 2.05) is 23.8 Å². The van der Waals surface area contributed by atoms with Gasteiger partial charge in [-0.1, -0.05) is 0 Å². The Hall–Kier alpha value is -1.22. The maximum atomic E-state index is 12.5. The van der Waals surface area contributed by atoms with Crippen LogP contribution in [-0.2, 0) is 11.2 Å². The highest BCUT2D eigenvalue weighted by atomic mass is 32.1. The fourth-order valence-corrected chi connectivity index (χ4v) is 3.91. The highest BCUT2D eigenvalue weighted by Gasteiger charge is 2.35. The molecular weight excluding hydrogens is 316 g/mol. The lowest BCUT2D eigenvalue weighted by atomic mass is 9.96. The number of hydrogen-bond donors (Lipinski definition) is 3. The van der Waals surface area contributed by atoms with Crippen LogP contribution in [0.5, 0.6) is 0 Å². The summed E-state index contributed by atoms with van der Waals surface area (Å²) in [6.45, 7) is 4.65. The molecule has 1 aliphatic rings. The Labute approximate surface area is 140 Å². The number of aromatic nitrogens is 1. The van der Waals surface area contributed by atoms with E-state index < -0.39 is 0 Å². The molecule has 1 fully saturated rings. The monoisotopic (exact) mass is 342 g/mol. The molecule has 1 aliphatic heterocycles. The first-order valence-electron chi connectivity index (χ1n) is 7.84. The van der Waals surface area contributed by atoms with E-state index >= 15 is 0 Å². The fraction of sp³-hybridized carbons (Fsp3) is 0.733. The zero-order valence-corrected chi connectivity index (χ0v) is 14.6. The van der Waals surface area contributed by atoms with Crippen molar-refractivity contribution < 1.29 is 15.0 Å². The van der Waals surface area contributed by atoms with Gasteiger partial charge in [0, 0.05) is 43.6 Å². The number of nitrogens with zero attached hydrogens (tertiary/aromatic N) is 3. The number of likely N-dealkylation sites (tertiary alicyclic amines) is 1. The predicted octanol–water partition coefficient (Wildman–Crippen LogP) is -0.433. The van der Waals surface area contributed by atoms with E-state index in [9.17, 15) is 9.90 Å². The van der Waals surface area contributed by atoms with Crippen LogP contribution in [0.3, 0.4) is 0 Å². The molecule has 0 bridgehead atoms. The van der Waals surface area contributed by atoms with Crippen LogP contribution in [0, 0.1) is 18.8 Å². The van der Waals surface area contributed by atoms with E-state index in [1.54, 1.807) is 0 Å². The Balaban J connectivity index is 1.95. The number of amides is 1. The van der Waals surface area contributed by atoms with Gasteiger partial charge in [-0.05, 0) is 19.9 Å². The van der Waals surface area contributed by atoms with Crippen molar-refractivity contribution in [3.63, 3.8) is 0 Å². The van der Waals surface area contributed by atoms with Crippen LogP contribution in [-0.4, -0.2) is 77.3 Å². The molecular formula is C15H26N4O3S. The number of carbonyl (C=O) groups is 1. The summed E-state index contributed by atoms with van der Waals surface area (Å²) in [5.74, 6) is 0.378. The van der Waals surface area contributed by atoms with Gasteiger partial charge >= 0.3 is 0 Å². The van der Waals surface area contributed by atoms with Crippen LogP contribution in [0.25, 0.3) is 0 Å². The van der Waals surface area contributed by atoms with Gasteiger partial charge in [0.1, 0.15) is 0 Å². The van der Waals surface area contributed by atoms with E-state index in [4.69, 9.17) is 10.8 Å². The zero-order valence-electron chi connectivity index (χ0n) is 13.7. The largest absolute Gasteiger partial charge is 0.396 e. The molecule has 2 rings (SSSR count). The van der Waals surface area contributed by atoms with Gasteiger partial charge in [0.2, 0.25) is 5.91 Å². The van der Waals surface area contributed by atoms with Gasteiger partial charge in [0.15, 0.2) is 5.13 Å². The molecule has 130 valence electrons. The zero-order chi connectivity index (χ0) is 17.0. The first-order valence-corrected chi connectivity index (χ1v) is 8.66. The predicted molar refractivity (Wildman–Crippen MR) is 90.2 cm³/mol. The number of thiazole rings is 1. The second kappa shape index (κ2) is 8.05. The fourth-order valence-electron chi connectivity index (χ4n) is 3.08. The van der Waals surface area contributed by atoms with E-state index in [0.29, 0.717) is 31.2 Å². The normalized spacial score (nSPS) is 21.3. The van der Waals surface area contributed by atoms with Crippen LogP contribution in [0.1, 0.15) is 10.6 Å². The average molecular weight is 342 g/mol. The molecule has 0 unspecified atom stereocenters. The van der Waals surface area contributed by atoms with Gasteiger partial charge in [0.05, 0.1) is 18.7 Å². The topological polar surface area (TPSA) is 103 Å². The lowest BCUT2D eigenvalue weighted by Crippen LogP contribution is -2.33. The number of aliphatic hydroxyl groups excluding tert-OH is 2. The van der Waals surface area contributed by atoms with Gasteiger partial charge in [-0.2, -0.15) is 0 Å². The third-order valence-corrected chi connectivity index (χ3v) is 5.40. The summed E-state index contributed by atoms with van der Waals surface area (Å²) in [7, 11) is 1.94. The molecule has 7 nitrogen and oxygen atoms in total. The first kappa shape index (κ1) is 18.1. The lowest BCUT2D eigenvalue weighted by molar-refractivity contribution is -0.129. The SMILES string of the molecule is Cc1nc(N)sc1CC(=O)N1C[C@@H](CN(C)CCO)[C@@H](CO)C1. The molecule has 0 spiro atoms. The van der Waals surface area contributed by atoms with Crippen molar-refractivity contribution in [3.05, 3.63) is 10.6 Å². The maximum absolute atomic E-state index is 12.5. The maximum Gasteiger partial charge on any atom is 0.227 e. The van der Waals surface area contributed by atoms with Crippen LogP contribution >= 0.6 is 11.3 Å². The molecule has 1 saturated heterocycles. The second-order valence-corrected chi connectivity index (χ2v) is 7.34. The number of carbonyl (C=O) groups excluding carboxylic acids is 1. The molecule has 8 heteroatoms. The summed E-state index contributed by atoms with van der Waals surface area (Å²) in [5, 5.41) is 19.1. The molecule has 2 heterocycles. The van der Waals surface area contributed by atoms with Gasteiger partial charge in [-0.15, -0.1) is 11.3 Å². The van der Waals surface area contributed by atoms with Crippen molar-refractivity contribution in [2.24, 2.45) is 11.8 Å². The molecule has 2 atom stereocenters. The van der Waals surface area contributed by atoms with Crippen LogP contribution < -0.4 is 5.73 Å². The van der Waals surface area contributed by atoms with Crippen LogP contribution in [0.15, 0.2) is 0 Å². The average Bonchev–Trinajstić information content (AvgIpc) is 3.02. The number of rotatable bonds is 7. The molecule has 0 radical (unpaired) electrons. The van der Waals surface area contributed by atoms with E-state index in [2.05, 4.69) is 4.98 Å². The Morgan fingerprint density at radius 1 is 1.43 bits per heavy atom. The Morgan fingerprint density at radius 2 is 2.13 bits per heavy atom. The number of likely N-dealkylation sites (N-methyl/N-ethyl adjacent to an activating group) is 1. The minimum Gasteiger partial charge on any atom is -0.396 e. The molecule has 0 aliphatic carbocycles. The van der Waals surface area contributed by atoms with E-state index in [1.165, 1.54) is 11.3 Å². The number of anilines is 1. The highest BCUT2D eigenvalue weighted by molar-refractivity contribution is 7.15. The molecule has 0 saturated carbocycles. The highest BCUT2D eigenvalue weighted by Crippen LogP contribution is 2.26. The number of aryl methyl sites for hydroxylation is 1. The van der Waals surface area contributed by atoms with Crippen molar-refractivity contribution in [2.45, 2.75) is 13.3 Å². The molecule has 1 amide bonds. The van der Waals surface area contributed by atoms with E-state index in [-0.39, 0.29) is 31.0 Å².